The first-order valence-corrected chi connectivity index (χ1v) is 13.2. The van der Waals surface area contributed by atoms with Gasteiger partial charge in [-0.1, -0.05) is 62.4 Å². The Kier molecular flexibility index (Phi) is 10.6. The van der Waals surface area contributed by atoms with E-state index in [9.17, 15) is 29.1 Å². The molecule has 12 nitrogen and oxygen atoms in total. The summed E-state index contributed by atoms with van der Waals surface area (Å²) in [5, 5.41) is 17.9. The van der Waals surface area contributed by atoms with E-state index >= 15 is 0 Å². The molecule has 41 heavy (non-hydrogen) atoms. The minimum atomic E-state index is -1.56. The first-order valence-electron chi connectivity index (χ1n) is 13.2. The van der Waals surface area contributed by atoms with E-state index in [2.05, 4.69) is 20.9 Å². The molecule has 0 aliphatic heterocycles. The topological polar surface area (TPSA) is 210 Å². The van der Waals surface area contributed by atoms with E-state index in [0.29, 0.717) is 0 Å². The van der Waals surface area contributed by atoms with Crippen LogP contribution in [0.15, 0.2) is 60.8 Å². The zero-order valence-electron chi connectivity index (χ0n) is 22.9. The number of rotatable bonds is 14. The number of carboxylic acid groups (broad SMARTS) is 1. The van der Waals surface area contributed by atoms with E-state index in [1.165, 1.54) is 0 Å². The van der Waals surface area contributed by atoms with Crippen LogP contribution < -0.4 is 27.4 Å². The van der Waals surface area contributed by atoms with Crippen molar-refractivity contribution in [3.8, 4) is 0 Å². The molecule has 3 aromatic rings. The molecule has 4 atom stereocenters. The first-order chi connectivity index (χ1) is 19.5. The summed E-state index contributed by atoms with van der Waals surface area (Å²) in [6, 6.07) is 11.9. The van der Waals surface area contributed by atoms with Gasteiger partial charge in [0.15, 0.2) is 0 Å². The van der Waals surface area contributed by atoms with Gasteiger partial charge in [0.05, 0.1) is 12.5 Å². The maximum Gasteiger partial charge on any atom is 0.326 e. The third kappa shape index (κ3) is 8.64. The fourth-order valence-electron chi connectivity index (χ4n) is 4.42. The SMILES string of the molecule is CC(C)C(NC(=O)C(Cc1c[nH]c2ccccc12)NC(=O)C(N)Cc1ccccc1)C(=O)NC(CC(N)=O)C(=O)O. The average molecular weight is 565 g/mol. The highest BCUT2D eigenvalue weighted by Crippen LogP contribution is 2.19. The Morgan fingerprint density at radius 1 is 0.829 bits per heavy atom. The van der Waals surface area contributed by atoms with Crippen LogP contribution in [-0.2, 0) is 36.8 Å². The van der Waals surface area contributed by atoms with Crippen LogP contribution in [0.1, 0.15) is 31.4 Å². The number of hydrogen-bond acceptors (Lipinski definition) is 6. The second-order valence-corrected chi connectivity index (χ2v) is 10.2. The molecule has 0 saturated heterocycles. The summed E-state index contributed by atoms with van der Waals surface area (Å²) in [6.07, 6.45) is 1.47. The van der Waals surface area contributed by atoms with Crippen molar-refractivity contribution in [2.75, 3.05) is 0 Å². The first kappa shape index (κ1) is 30.8. The predicted octanol–water partition coefficient (Wildman–Crippen LogP) is 0.351. The Hall–Kier alpha value is -4.71. The Bertz CT molecular complexity index is 1390. The molecule has 2 aromatic carbocycles. The zero-order chi connectivity index (χ0) is 30.1. The molecule has 12 heteroatoms. The third-order valence-electron chi connectivity index (χ3n) is 6.63. The monoisotopic (exact) mass is 564 g/mol. The van der Waals surface area contributed by atoms with Crippen molar-refractivity contribution in [2.45, 2.75) is 57.3 Å². The van der Waals surface area contributed by atoms with Gasteiger partial charge in [0.2, 0.25) is 23.6 Å². The van der Waals surface area contributed by atoms with Gasteiger partial charge in [0.25, 0.3) is 0 Å². The van der Waals surface area contributed by atoms with Gasteiger partial charge in [-0.25, -0.2) is 4.79 Å². The Balaban J connectivity index is 1.82. The number of carbonyl (C=O) groups is 5. The summed E-state index contributed by atoms with van der Waals surface area (Å²) >= 11 is 0. The fraction of sp³-hybridized carbons (Fsp3) is 0.345. The molecule has 0 aliphatic carbocycles. The lowest BCUT2D eigenvalue weighted by Gasteiger charge is -2.27. The maximum absolute atomic E-state index is 13.6. The second-order valence-electron chi connectivity index (χ2n) is 10.2. The molecule has 0 saturated carbocycles. The number of fused-ring (bicyclic) bond motifs is 1. The van der Waals surface area contributed by atoms with Gasteiger partial charge in [-0.15, -0.1) is 0 Å². The summed E-state index contributed by atoms with van der Waals surface area (Å²) in [5.74, 6) is -4.83. The van der Waals surface area contributed by atoms with Gasteiger partial charge in [-0.2, -0.15) is 0 Å². The van der Waals surface area contributed by atoms with Gasteiger partial charge in [-0.3, -0.25) is 19.2 Å². The summed E-state index contributed by atoms with van der Waals surface area (Å²) < 4.78 is 0. The number of H-pyrrole nitrogens is 1. The van der Waals surface area contributed by atoms with Gasteiger partial charge in [0.1, 0.15) is 18.1 Å². The Labute approximate surface area is 237 Å². The molecule has 4 amide bonds. The highest BCUT2D eigenvalue weighted by Gasteiger charge is 2.33. The highest BCUT2D eigenvalue weighted by atomic mass is 16.4. The third-order valence-corrected chi connectivity index (χ3v) is 6.63. The van der Waals surface area contributed by atoms with Crippen LogP contribution in [0.25, 0.3) is 10.9 Å². The van der Waals surface area contributed by atoms with E-state index in [-0.39, 0.29) is 12.8 Å². The lowest BCUT2D eigenvalue weighted by molar-refractivity contribution is -0.144. The van der Waals surface area contributed by atoms with Crippen molar-refractivity contribution >= 4 is 40.5 Å². The normalized spacial score (nSPS) is 14.0. The molecule has 0 fully saturated rings. The summed E-state index contributed by atoms with van der Waals surface area (Å²) in [6.45, 7) is 3.33. The van der Waals surface area contributed by atoms with Crippen LogP contribution in [0, 0.1) is 5.92 Å². The van der Waals surface area contributed by atoms with Crippen LogP contribution >= 0.6 is 0 Å². The van der Waals surface area contributed by atoms with Crippen LogP contribution in [0.4, 0.5) is 0 Å². The number of hydrogen-bond donors (Lipinski definition) is 7. The van der Waals surface area contributed by atoms with Crippen LogP contribution in [-0.4, -0.2) is 63.9 Å². The number of carbonyl (C=O) groups excluding carboxylic acids is 4. The number of nitrogens with one attached hydrogen (secondary N) is 4. The van der Waals surface area contributed by atoms with Gasteiger partial charge >= 0.3 is 5.97 Å². The largest absolute Gasteiger partial charge is 0.480 e. The molecule has 1 aromatic heterocycles. The number of primary amides is 1. The molecule has 218 valence electrons. The fourth-order valence-corrected chi connectivity index (χ4v) is 4.42. The smallest absolute Gasteiger partial charge is 0.326 e. The molecule has 0 bridgehead atoms. The van der Waals surface area contributed by atoms with Crippen molar-refractivity contribution in [3.63, 3.8) is 0 Å². The number of para-hydroxylation sites is 1. The standard InChI is InChI=1S/C29H36N6O6/c1-16(2)25(28(39)34-23(29(40)41)14-24(31)36)35-27(38)22(13-18-15-32-21-11-7-6-10-19(18)21)33-26(37)20(30)12-17-8-4-3-5-9-17/h3-11,15-16,20,22-23,25,32H,12-14,30H2,1-2H3,(H2,31,36)(H,33,37)(H,34,39)(H,35,38)(H,40,41). The molecule has 4 unspecified atom stereocenters. The zero-order valence-corrected chi connectivity index (χ0v) is 22.9. The minimum Gasteiger partial charge on any atom is -0.480 e. The van der Waals surface area contributed by atoms with E-state index < -0.39 is 66.1 Å². The Morgan fingerprint density at radius 3 is 2.10 bits per heavy atom. The highest BCUT2D eigenvalue weighted by molar-refractivity contribution is 5.95. The van der Waals surface area contributed by atoms with Crippen LogP contribution in [0.2, 0.25) is 0 Å². The number of nitrogens with two attached hydrogens (primary N) is 2. The molecule has 1 heterocycles. The number of benzene rings is 2. The van der Waals surface area contributed by atoms with E-state index in [1.807, 2.05) is 54.6 Å². The van der Waals surface area contributed by atoms with Gasteiger partial charge in [0, 0.05) is 23.5 Å². The average Bonchev–Trinajstić information content (AvgIpc) is 3.33. The molecule has 0 spiro atoms. The lowest BCUT2D eigenvalue weighted by atomic mass is 9.99. The number of amides is 4. The van der Waals surface area contributed by atoms with Crippen molar-refractivity contribution in [2.24, 2.45) is 17.4 Å². The lowest BCUT2D eigenvalue weighted by Crippen LogP contribution is -2.59. The molecule has 3 rings (SSSR count). The molecule has 0 aliphatic rings. The number of aromatic nitrogens is 1. The van der Waals surface area contributed by atoms with E-state index in [4.69, 9.17) is 11.5 Å². The second kappa shape index (κ2) is 14.1. The van der Waals surface area contributed by atoms with Crippen molar-refractivity contribution in [3.05, 3.63) is 71.9 Å². The van der Waals surface area contributed by atoms with Gasteiger partial charge < -0.3 is 37.5 Å². The van der Waals surface area contributed by atoms with E-state index in [1.54, 1.807) is 20.0 Å². The van der Waals surface area contributed by atoms with Crippen molar-refractivity contribution < 1.29 is 29.1 Å². The quantitative estimate of drug-likeness (QED) is 0.146. The number of aromatic amines is 1. The predicted molar refractivity (Wildman–Crippen MR) is 152 cm³/mol. The summed E-state index contributed by atoms with van der Waals surface area (Å²) in [4.78, 5) is 65.7. The van der Waals surface area contributed by atoms with Gasteiger partial charge in [-0.05, 0) is 29.5 Å². The Morgan fingerprint density at radius 2 is 1.46 bits per heavy atom. The summed E-state index contributed by atoms with van der Waals surface area (Å²) in [5.41, 5.74) is 13.7. The number of carboxylic acids is 1. The molecular formula is C29H36N6O6. The molecule has 9 N–H and O–H groups in total. The molecule has 0 radical (unpaired) electrons. The molecular weight excluding hydrogens is 528 g/mol. The maximum atomic E-state index is 13.6. The van der Waals surface area contributed by atoms with Crippen molar-refractivity contribution in [1.82, 2.24) is 20.9 Å². The van der Waals surface area contributed by atoms with Crippen LogP contribution in [0.5, 0.6) is 0 Å². The van der Waals surface area contributed by atoms with Crippen molar-refractivity contribution in [1.29, 1.82) is 0 Å². The van der Waals surface area contributed by atoms with Crippen LogP contribution in [0.3, 0.4) is 0 Å². The summed E-state index contributed by atoms with van der Waals surface area (Å²) in [7, 11) is 0. The minimum absolute atomic E-state index is 0.0888. The number of aliphatic carboxylic acids is 1. The van der Waals surface area contributed by atoms with E-state index in [0.717, 1.165) is 22.0 Å².